The molecular formula is C102H110N2. The molecule has 0 unspecified atom stereocenters. The Balaban J connectivity index is 0.000000136. The van der Waals surface area contributed by atoms with E-state index in [2.05, 4.69) is 467 Å². The highest BCUT2D eigenvalue weighted by Gasteiger charge is 2.22. The van der Waals surface area contributed by atoms with Crippen molar-refractivity contribution in [2.75, 3.05) is 0 Å². The van der Waals surface area contributed by atoms with Gasteiger partial charge in [0.1, 0.15) is 0 Å². The third-order valence-electron chi connectivity index (χ3n) is 19.3. The minimum absolute atomic E-state index is 0.145. The summed E-state index contributed by atoms with van der Waals surface area (Å²) in [6, 6.07) is 121. The van der Waals surface area contributed by atoms with E-state index in [0.29, 0.717) is 5.41 Å². The molecule has 2 heterocycles. The second-order valence-corrected chi connectivity index (χ2v) is 33.5. The Kier molecular flexibility index (Phi) is 24.0. The van der Waals surface area contributed by atoms with Crippen LogP contribution in [0.15, 0.2) is 340 Å². The number of rotatable bonds is 5. The van der Waals surface area contributed by atoms with Gasteiger partial charge in [-0.05, 0) is 154 Å². The molecule has 0 saturated carbocycles. The van der Waals surface area contributed by atoms with Crippen LogP contribution in [0.5, 0.6) is 0 Å². The van der Waals surface area contributed by atoms with E-state index < -0.39 is 0 Å². The Morgan fingerprint density at radius 1 is 0.173 bits per heavy atom. The van der Waals surface area contributed by atoms with E-state index in [0.717, 1.165) is 0 Å². The molecule has 0 aliphatic heterocycles. The Morgan fingerprint density at radius 2 is 0.481 bits per heavy atom. The third kappa shape index (κ3) is 19.4. The molecule has 0 saturated heterocycles. The molecule has 13 aromatic carbocycles. The van der Waals surface area contributed by atoms with Crippen molar-refractivity contribution in [3.05, 3.63) is 373 Å². The highest BCUT2D eigenvalue weighted by atomic mass is 15.0. The van der Waals surface area contributed by atoms with Gasteiger partial charge in [-0.25, -0.2) is 0 Å². The highest BCUT2D eigenvalue weighted by Crippen LogP contribution is 2.39. The first kappa shape index (κ1) is 76.1. The van der Waals surface area contributed by atoms with Gasteiger partial charge in [0.25, 0.3) is 0 Å². The number of para-hydroxylation sites is 4. The van der Waals surface area contributed by atoms with Gasteiger partial charge in [0, 0.05) is 32.9 Å². The summed E-state index contributed by atoms with van der Waals surface area (Å²) in [5.74, 6) is 0. The van der Waals surface area contributed by atoms with Crippen LogP contribution in [0.4, 0.5) is 0 Å². The number of benzene rings is 13. The van der Waals surface area contributed by atoms with Gasteiger partial charge in [0.2, 0.25) is 0 Å². The van der Waals surface area contributed by atoms with E-state index in [1.54, 1.807) is 0 Å². The van der Waals surface area contributed by atoms with Gasteiger partial charge in [-0.2, -0.15) is 0 Å². The summed E-state index contributed by atoms with van der Waals surface area (Å²) in [6.45, 7) is 40.5. The minimum Gasteiger partial charge on any atom is -0.309 e. The predicted octanol–water partition coefficient (Wildman–Crippen LogP) is 29.1. The maximum Gasteiger partial charge on any atom is 0.0544 e. The fourth-order valence-corrected chi connectivity index (χ4v) is 13.1. The first-order valence-electron chi connectivity index (χ1n) is 37.2. The summed E-state index contributed by atoms with van der Waals surface area (Å²) in [4.78, 5) is 0. The van der Waals surface area contributed by atoms with E-state index in [9.17, 15) is 0 Å². The monoisotopic (exact) mass is 1360 g/mol. The zero-order valence-corrected chi connectivity index (χ0v) is 65.2. The number of fused-ring (bicyclic) bond motifs is 6. The molecule has 2 heteroatoms. The maximum absolute atomic E-state index is 2.37. The maximum atomic E-state index is 2.37. The van der Waals surface area contributed by atoms with Crippen LogP contribution < -0.4 is 0 Å². The average Bonchev–Trinajstić information content (AvgIpc) is 1.60. The quantitative estimate of drug-likeness (QED) is 0.163. The molecule has 0 aliphatic carbocycles. The summed E-state index contributed by atoms with van der Waals surface area (Å²) in [5, 5.41) is 5.28. The van der Waals surface area contributed by atoms with Crippen LogP contribution in [0.1, 0.15) is 158 Å². The molecule has 0 atom stereocenters. The zero-order chi connectivity index (χ0) is 74.5. The fourth-order valence-electron chi connectivity index (χ4n) is 13.1. The van der Waals surface area contributed by atoms with Crippen LogP contribution in [-0.4, -0.2) is 9.13 Å². The number of hydrogen-bond acceptors (Lipinski definition) is 0. The van der Waals surface area contributed by atoms with Gasteiger partial charge in [-0.15, -0.1) is 0 Å². The van der Waals surface area contributed by atoms with Crippen LogP contribution in [0, 0.1) is 0 Å². The van der Waals surface area contributed by atoms with E-state index in [-0.39, 0.29) is 27.1 Å². The minimum atomic E-state index is 0.145. The summed E-state index contributed by atoms with van der Waals surface area (Å²) in [7, 11) is 0. The molecule has 0 N–H and O–H groups in total. The smallest absolute Gasteiger partial charge is 0.0544 e. The average molecular weight is 1360 g/mol. The van der Waals surface area contributed by atoms with Crippen molar-refractivity contribution in [1.29, 1.82) is 0 Å². The largest absolute Gasteiger partial charge is 0.309 e. The van der Waals surface area contributed by atoms with Gasteiger partial charge >= 0.3 is 0 Å². The molecule has 0 radical (unpaired) electrons. The Bertz CT molecular complexity index is 5160. The molecule has 0 amide bonds. The molecule has 2 nitrogen and oxygen atoms in total. The van der Waals surface area contributed by atoms with E-state index in [4.69, 9.17) is 0 Å². The Labute approximate surface area is 623 Å². The van der Waals surface area contributed by atoms with Crippen molar-refractivity contribution in [3.63, 3.8) is 0 Å². The van der Waals surface area contributed by atoms with Crippen molar-refractivity contribution in [1.82, 2.24) is 9.13 Å². The first-order chi connectivity index (χ1) is 49.4. The van der Waals surface area contributed by atoms with E-state index >= 15 is 0 Å². The molecule has 0 aliphatic rings. The van der Waals surface area contributed by atoms with Crippen molar-refractivity contribution >= 4 is 43.6 Å². The summed E-state index contributed by atoms with van der Waals surface area (Å²) < 4.78 is 4.73. The van der Waals surface area contributed by atoms with E-state index in [1.807, 2.05) is 6.07 Å². The van der Waals surface area contributed by atoms with Crippen LogP contribution >= 0.6 is 0 Å². The number of hydrogen-bond donors (Lipinski definition) is 0. The van der Waals surface area contributed by atoms with Crippen LogP contribution in [0.2, 0.25) is 0 Å². The van der Waals surface area contributed by atoms with Crippen molar-refractivity contribution < 1.29 is 0 Å². The van der Waals surface area contributed by atoms with Crippen LogP contribution in [-0.2, 0) is 32.5 Å². The topological polar surface area (TPSA) is 9.86 Å². The van der Waals surface area contributed by atoms with Crippen molar-refractivity contribution in [2.45, 2.75) is 157 Å². The molecule has 15 aromatic rings. The van der Waals surface area contributed by atoms with Gasteiger partial charge in [0.15, 0.2) is 0 Å². The highest BCUT2D eigenvalue weighted by molar-refractivity contribution is 6.10. The summed E-state index contributed by atoms with van der Waals surface area (Å²) in [5.41, 5.74) is 24.8. The van der Waals surface area contributed by atoms with Gasteiger partial charge in [-0.1, -0.05) is 410 Å². The molecule has 0 spiro atoms. The first-order valence-corrected chi connectivity index (χ1v) is 37.2. The SMILES string of the molecule is CC(C)(C)c1ccc(-c2ccccc2)cc1.CC(C)(C)c1ccc2c(c1)c1ccccc1n2-c1ccccc1.CC(C)(C)c1ccc2c3ccccc3n(-c3ccccc3)c2c1.CC(C)(C)c1cccc(-c2ccccc2)c1.CC(C)(C)c1ccccc1.CC(C)(C)c1ccccc1-c1ccccc1. The van der Waals surface area contributed by atoms with Crippen LogP contribution in [0.3, 0.4) is 0 Å². The summed E-state index contributed by atoms with van der Waals surface area (Å²) >= 11 is 0. The number of nitrogens with zero attached hydrogens (tertiary/aromatic N) is 2. The Hall–Kier alpha value is -10.5. The predicted molar refractivity (Wildman–Crippen MR) is 456 cm³/mol. The zero-order valence-electron chi connectivity index (χ0n) is 65.2. The fraction of sp³-hybridized carbons (Fsp3) is 0.235. The van der Waals surface area contributed by atoms with Gasteiger partial charge in [-0.3, -0.25) is 0 Å². The lowest BCUT2D eigenvalue weighted by Gasteiger charge is -2.23. The van der Waals surface area contributed by atoms with Crippen molar-refractivity contribution in [3.8, 4) is 44.8 Å². The van der Waals surface area contributed by atoms with Gasteiger partial charge in [0.05, 0.1) is 22.1 Å². The molecule has 2 aromatic heterocycles. The Morgan fingerprint density at radius 3 is 0.952 bits per heavy atom. The molecular weight excluding hydrogens is 1250 g/mol. The van der Waals surface area contributed by atoms with Crippen LogP contribution in [0.25, 0.3) is 88.4 Å². The van der Waals surface area contributed by atoms with Gasteiger partial charge < -0.3 is 9.13 Å². The normalized spacial score (nSPS) is 11.8. The molecule has 0 fully saturated rings. The molecule has 0 bridgehead atoms. The molecule has 15 rings (SSSR count). The molecule has 528 valence electrons. The van der Waals surface area contributed by atoms with E-state index in [1.165, 1.54) is 122 Å². The second kappa shape index (κ2) is 32.8. The number of aromatic nitrogens is 2. The third-order valence-corrected chi connectivity index (χ3v) is 19.3. The lowest BCUT2D eigenvalue weighted by atomic mass is 9.82. The standard InChI is InChI=1S/2C22H21N.3C16H18.C10H14/c1-22(2,3)16-13-14-21-19(15-16)18-11-7-8-12-20(18)23(21)17-9-5-4-6-10-17;1-22(2,3)16-13-14-19-18-11-7-8-12-20(18)23(21(19)15-16)17-9-5-4-6-10-17;1-16(2,3)15-12-8-7-11-14(15)13-9-5-4-6-10-13;1-16(2,3)15-11-7-10-14(12-15)13-8-5-4-6-9-13;1-16(2,3)15-11-9-14(10-12-15)13-7-5-4-6-8-13;1-10(2,3)9-7-5-4-6-8-9/h2*4-15H,1-3H3;3*4-12H,1-3H3;4-8H,1-3H3. The lowest BCUT2D eigenvalue weighted by Crippen LogP contribution is -2.12. The summed E-state index contributed by atoms with van der Waals surface area (Å²) in [6.07, 6.45) is 0. The lowest BCUT2D eigenvalue weighted by molar-refractivity contribution is 0.590. The van der Waals surface area contributed by atoms with Crippen molar-refractivity contribution in [2.24, 2.45) is 0 Å². The molecule has 104 heavy (non-hydrogen) atoms. The second-order valence-electron chi connectivity index (χ2n) is 33.5.